The van der Waals surface area contributed by atoms with Crippen molar-refractivity contribution in [2.24, 2.45) is 5.92 Å². The zero-order chi connectivity index (χ0) is 17.1. The van der Waals surface area contributed by atoms with Gasteiger partial charge in [0.2, 0.25) is 5.95 Å². The number of fused-ring (bicyclic) bond motifs is 1. The molecule has 2 aliphatic heterocycles. The summed E-state index contributed by atoms with van der Waals surface area (Å²) < 4.78 is 19.2. The smallest absolute Gasteiger partial charge is 0.225 e. The molecule has 0 amide bonds. The summed E-state index contributed by atoms with van der Waals surface area (Å²) in [6.45, 7) is 5.27. The number of ether oxygens (including phenoxy) is 1. The van der Waals surface area contributed by atoms with Crippen molar-refractivity contribution in [3.05, 3.63) is 54.1 Å². The predicted octanol–water partition coefficient (Wildman–Crippen LogP) is 2.34. The van der Waals surface area contributed by atoms with Crippen LogP contribution in [-0.2, 0) is 11.3 Å². The second-order valence-corrected chi connectivity index (χ2v) is 6.81. The van der Waals surface area contributed by atoms with Crippen molar-refractivity contribution in [1.29, 1.82) is 0 Å². The number of likely N-dealkylation sites (tertiary alicyclic amines) is 1. The van der Waals surface area contributed by atoms with Gasteiger partial charge in [-0.25, -0.2) is 14.4 Å². The number of hydrogen-bond acceptors (Lipinski definition) is 5. The van der Waals surface area contributed by atoms with E-state index in [0.717, 1.165) is 50.7 Å². The van der Waals surface area contributed by atoms with Crippen LogP contribution < -0.4 is 4.90 Å². The Morgan fingerprint density at radius 2 is 1.88 bits per heavy atom. The fourth-order valence-corrected chi connectivity index (χ4v) is 3.74. The first-order valence-corrected chi connectivity index (χ1v) is 8.88. The maximum atomic E-state index is 13.1. The van der Waals surface area contributed by atoms with E-state index in [0.29, 0.717) is 12.5 Å². The van der Waals surface area contributed by atoms with E-state index in [1.54, 1.807) is 12.4 Å². The van der Waals surface area contributed by atoms with Crippen LogP contribution in [0.1, 0.15) is 12.0 Å². The summed E-state index contributed by atoms with van der Waals surface area (Å²) in [6.07, 6.45) is 4.91. The standard InChI is InChI=1S/C19H23FN4O/c20-17-4-2-15(3-5-17)12-23-9-6-16-13-24(10-11-25-18(16)14-23)19-21-7-1-8-22-19/h1-5,7-8,16,18H,6,9-14H2/t16-,18-/m1/s1. The molecule has 0 unspecified atom stereocenters. The molecular weight excluding hydrogens is 319 g/mol. The highest BCUT2D eigenvalue weighted by Gasteiger charge is 2.33. The molecule has 5 nitrogen and oxygen atoms in total. The van der Waals surface area contributed by atoms with Crippen LogP contribution in [0.5, 0.6) is 0 Å². The molecule has 1 aromatic carbocycles. The van der Waals surface area contributed by atoms with Gasteiger partial charge in [-0.3, -0.25) is 4.90 Å². The van der Waals surface area contributed by atoms with E-state index in [-0.39, 0.29) is 11.9 Å². The first-order valence-electron chi connectivity index (χ1n) is 8.88. The fourth-order valence-electron chi connectivity index (χ4n) is 3.74. The van der Waals surface area contributed by atoms with E-state index in [2.05, 4.69) is 19.8 Å². The molecule has 0 aliphatic carbocycles. The molecule has 0 N–H and O–H groups in total. The highest BCUT2D eigenvalue weighted by molar-refractivity contribution is 5.29. The molecule has 3 heterocycles. The van der Waals surface area contributed by atoms with Crippen LogP contribution in [0.25, 0.3) is 0 Å². The van der Waals surface area contributed by atoms with Gasteiger partial charge in [-0.2, -0.15) is 0 Å². The van der Waals surface area contributed by atoms with E-state index < -0.39 is 0 Å². The van der Waals surface area contributed by atoms with Crippen molar-refractivity contribution in [3.63, 3.8) is 0 Å². The number of halogens is 1. The third-order valence-electron chi connectivity index (χ3n) is 5.08. The van der Waals surface area contributed by atoms with Crippen molar-refractivity contribution in [2.75, 3.05) is 37.7 Å². The molecule has 4 rings (SSSR count). The second kappa shape index (κ2) is 7.45. The number of rotatable bonds is 3. The first-order chi connectivity index (χ1) is 12.3. The highest BCUT2D eigenvalue weighted by atomic mass is 19.1. The lowest BCUT2D eigenvalue weighted by Gasteiger charge is -2.38. The molecule has 132 valence electrons. The summed E-state index contributed by atoms with van der Waals surface area (Å²) >= 11 is 0. The number of hydrogen-bond donors (Lipinski definition) is 0. The Kier molecular flexibility index (Phi) is 4.90. The summed E-state index contributed by atoms with van der Waals surface area (Å²) in [5.41, 5.74) is 1.15. The Balaban J connectivity index is 1.38. The maximum Gasteiger partial charge on any atom is 0.225 e. The largest absolute Gasteiger partial charge is 0.375 e. The zero-order valence-corrected chi connectivity index (χ0v) is 14.2. The molecule has 0 bridgehead atoms. The van der Waals surface area contributed by atoms with Crippen LogP contribution in [0.3, 0.4) is 0 Å². The minimum Gasteiger partial charge on any atom is -0.375 e. The van der Waals surface area contributed by atoms with Crippen LogP contribution in [-0.4, -0.2) is 53.8 Å². The maximum absolute atomic E-state index is 13.1. The predicted molar refractivity (Wildman–Crippen MR) is 93.8 cm³/mol. The molecule has 2 aromatic rings. The molecule has 0 radical (unpaired) electrons. The van der Waals surface area contributed by atoms with Crippen LogP contribution in [0.4, 0.5) is 10.3 Å². The molecule has 2 saturated heterocycles. The lowest BCUT2D eigenvalue weighted by molar-refractivity contribution is -0.0239. The van der Waals surface area contributed by atoms with E-state index in [1.807, 2.05) is 18.2 Å². The third kappa shape index (κ3) is 3.96. The van der Waals surface area contributed by atoms with Crippen LogP contribution in [0, 0.1) is 11.7 Å². The van der Waals surface area contributed by atoms with Gasteiger partial charge in [-0.15, -0.1) is 0 Å². The van der Waals surface area contributed by atoms with Crippen molar-refractivity contribution in [3.8, 4) is 0 Å². The lowest BCUT2D eigenvalue weighted by Crippen LogP contribution is -2.46. The lowest BCUT2D eigenvalue weighted by atomic mass is 9.93. The van der Waals surface area contributed by atoms with Gasteiger partial charge in [-0.05, 0) is 36.7 Å². The molecule has 6 heteroatoms. The van der Waals surface area contributed by atoms with Crippen molar-refractivity contribution in [2.45, 2.75) is 19.1 Å². The van der Waals surface area contributed by atoms with Crippen molar-refractivity contribution < 1.29 is 9.13 Å². The molecule has 0 spiro atoms. The molecule has 0 saturated carbocycles. The zero-order valence-electron chi connectivity index (χ0n) is 14.2. The average molecular weight is 342 g/mol. The van der Waals surface area contributed by atoms with Crippen molar-refractivity contribution in [1.82, 2.24) is 14.9 Å². The van der Waals surface area contributed by atoms with Gasteiger partial charge in [0, 0.05) is 44.5 Å². The van der Waals surface area contributed by atoms with Gasteiger partial charge in [0.25, 0.3) is 0 Å². The average Bonchev–Trinajstić information content (AvgIpc) is 2.86. The molecule has 2 atom stereocenters. The van der Waals surface area contributed by atoms with Gasteiger partial charge in [0.15, 0.2) is 0 Å². The molecule has 1 aromatic heterocycles. The van der Waals surface area contributed by atoms with Crippen molar-refractivity contribution >= 4 is 5.95 Å². The molecule has 2 fully saturated rings. The Morgan fingerprint density at radius 3 is 2.68 bits per heavy atom. The van der Waals surface area contributed by atoms with Crippen LogP contribution >= 0.6 is 0 Å². The summed E-state index contributed by atoms with van der Waals surface area (Å²) in [5.74, 6) is 1.11. The molecular formula is C19H23FN4O. The van der Waals surface area contributed by atoms with E-state index in [9.17, 15) is 4.39 Å². The SMILES string of the molecule is Fc1ccc(CN2CC[C@@H]3CN(c4ncccn4)CCO[C@@H]3C2)cc1. The Labute approximate surface area is 147 Å². The fraction of sp³-hybridized carbons (Fsp3) is 0.474. The van der Waals surface area contributed by atoms with E-state index in [1.165, 1.54) is 12.1 Å². The normalized spacial score (nSPS) is 24.6. The minimum absolute atomic E-state index is 0.183. The monoisotopic (exact) mass is 342 g/mol. The highest BCUT2D eigenvalue weighted by Crippen LogP contribution is 2.26. The number of nitrogens with zero attached hydrogens (tertiary/aromatic N) is 4. The van der Waals surface area contributed by atoms with Gasteiger partial charge in [0.1, 0.15) is 5.82 Å². The summed E-state index contributed by atoms with van der Waals surface area (Å²) in [5, 5.41) is 0. The van der Waals surface area contributed by atoms with Gasteiger partial charge < -0.3 is 9.64 Å². The first kappa shape index (κ1) is 16.4. The Morgan fingerprint density at radius 1 is 1.08 bits per heavy atom. The Bertz CT molecular complexity index is 682. The Hall–Kier alpha value is -2.05. The summed E-state index contributed by atoms with van der Waals surface area (Å²) in [7, 11) is 0. The molecule has 2 aliphatic rings. The van der Waals surface area contributed by atoms with Gasteiger partial charge in [0.05, 0.1) is 12.7 Å². The number of piperidine rings is 1. The summed E-state index contributed by atoms with van der Waals surface area (Å²) in [6, 6.07) is 8.63. The topological polar surface area (TPSA) is 41.5 Å². The number of anilines is 1. The van der Waals surface area contributed by atoms with E-state index >= 15 is 0 Å². The van der Waals surface area contributed by atoms with Gasteiger partial charge >= 0.3 is 0 Å². The number of aromatic nitrogens is 2. The number of benzene rings is 1. The van der Waals surface area contributed by atoms with Crippen LogP contribution in [0.15, 0.2) is 42.7 Å². The second-order valence-electron chi connectivity index (χ2n) is 6.81. The minimum atomic E-state index is -0.183. The summed E-state index contributed by atoms with van der Waals surface area (Å²) in [4.78, 5) is 13.4. The van der Waals surface area contributed by atoms with Crippen LogP contribution in [0.2, 0.25) is 0 Å². The third-order valence-corrected chi connectivity index (χ3v) is 5.08. The van der Waals surface area contributed by atoms with E-state index in [4.69, 9.17) is 4.74 Å². The molecule has 25 heavy (non-hydrogen) atoms. The van der Waals surface area contributed by atoms with Gasteiger partial charge in [-0.1, -0.05) is 12.1 Å². The quantitative estimate of drug-likeness (QED) is 0.856.